The average molecular weight is 285 g/mol. The molecule has 5 heteroatoms. The molecule has 0 saturated carbocycles. The lowest BCUT2D eigenvalue weighted by Crippen LogP contribution is -2.12. The Labute approximate surface area is 117 Å². The number of aromatic nitrogens is 2. The summed E-state index contributed by atoms with van der Waals surface area (Å²) in [5.41, 5.74) is 1.72. The zero-order valence-corrected chi connectivity index (χ0v) is 11.5. The highest BCUT2D eigenvalue weighted by Gasteiger charge is 2.14. The van der Waals surface area contributed by atoms with E-state index < -0.39 is 9.84 Å². The first-order valence-corrected chi connectivity index (χ1v) is 7.93. The number of hydrogen-bond donors (Lipinski definition) is 0. The van der Waals surface area contributed by atoms with E-state index in [1.54, 1.807) is 34.9 Å². The molecule has 0 amide bonds. The number of fused-ring (bicyclic) bond motifs is 1. The summed E-state index contributed by atoms with van der Waals surface area (Å²) in [6.07, 6.45) is 2.84. The number of nitrogens with zero attached hydrogens (tertiary/aromatic N) is 2. The maximum Gasteiger partial charge on any atom is 0.180 e. The largest absolute Gasteiger partial charge is 0.320 e. The Morgan fingerprint density at radius 1 is 1.00 bits per heavy atom. The van der Waals surface area contributed by atoms with Gasteiger partial charge >= 0.3 is 0 Å². The number of rotatable bonds is 4. The predicted octanol–water partition coefficient (Wildman–Crippen LogP) is 2.31. The molecule has 1 aromatic heterocycles. The fourth-order valence-electron chi connectivity index (χ4n) is 2.08. The van der Waals surface area contributed by atoms with E-state index in [0.29, 0.717) is 11.4 Å². The van der Waals surface area contributed by atoms with Crippen LogP contribution in [-0.2, 0) is 16.4 Å². The van der Waals surface area contributed by atoms with Crippen molar-refractivity contribution in [1.82, 2.24) is 9.55 Å². The van der Waals surface area contributed by atoms with Gasteiger partial charge in [-0.25, -0.2) is 13.4 Å². The van der Waals surface area contributed by atoms with Crippen LogP contribution in [0.15, 0.2) is 59.5 Å². The monoisotopic (exact) mass is 285 g/mol. The molecule has 0 atom stereocenters. The highest BCUT2D eigenvalue weighted by atomic mass is 32.2. The van der Waals surface area contributed by atoms with Crippen LogP contribution in [0.2, 0.25) is 0 Å². The molecule has 4 nitrogen and oxygen atoms in total. The fourth-order valence-corrected chi connectivity index (χ4v) is 3.31. The number of aryl methyl sites for hydroxylation is 1. The quantitative estimate of drug-likeness (QED) is 0.739. The number of imidazole rings is 1. The third-order valence-corrected chi connectivity index (χ3v) is 4.86. The Bertz CT molecular complexity index is 823. The van der Waals surface area contributed by atoms with E-state index in [1.807, 2.05) is 24.3 Å². The fraction of sp³-hybridized carbons (Fsp3) is 0.133. The van der Waals surface area contributed by atoms with E-state index >= 15 is 0 Å². The Morgan fingerprint density at radius 2 is 1.70 bits per heavy atom. The van der Waals surface area contributed by atoms with Gasteiger partial charge in [0, 0.05) is 6.54 Å². The van der Waals surface area contributed by atoms with Gasteiger partial charge in [-0.3, -0.25) is 0 Å². The summed E-state index contributed by atoms with van der Waals surface area (Å²) < 4.78 is 26.2. The second-order valence-corrected chi connectivity index (χ2v) is 6.59. The van der Waals surface area contributed by atoms with Crippen molar-refractivity contribution in [3.05, 3.63) is 60.9 Å². The van der Waals surface area contributed by atoms with Gasteiger partial charge < -0.3 is 4.57 Å². The van der Waals surface area contributed by atoms with Crippen LogP contribution in [0, 0.1) is 6.33 Å². The minimum atomic E-state index is -3.27. The summed E-state index contributed by atoms with van der Waals surface area (Å²) in [6.45, 7) is 0.345. The van der Waals surface area contributed by atoms with Crippen molar-refractivity contribution in [2.75, 3.05) is 5.75 Å². The minimum absolute atomic E-state index is 0.0356. The van der Waals surface area contributed by atoms with Crippen LogP contribution in [0.25, 0.3) is 11.0 Å². The number of sulfone groups is 1. The van der Waals surface area contributed by atoms with Crippen molar-refractivity contribution in [3.63, 3.8) is 0 Å². The molecule has 3 aromatic rings. The highest BCUT2D eigenvalue weighted by Crippen LogP contribution is 2.14. The van der Waals surface area contributed by atoms with E-state index in [-0.39, 0.29) is 5.75 Å². The smallest absolute Gasteiger partial charge is 0.180 e. The van der Waals surface area contributed by atoms with Crippen LogP contribution < -0.4 is 0 Å². The predicted molar refractivity (Wildman–Crippen MR) is 77.1 cm³/mol. The third-order valence-electron chi connectivity index (χ3n) is 3.15. The summed E-state index contributed by atoms with van der Waals surface area (Å²) in [5, 5.41) is 0. The van der Waals surface area contributed by atoms with Crippen LogP contribution in [0.4, 0.5) is 0 Å². The van der Waals surface area contributed by atoms with E-state index in [4.69, 9.17) is 0 Å². The lowest BCUT2D eigenvalue weighted by Gasteiger charge is -2.05. The van der Waals surface area contributed by atoms with Gasteiger partial charge in [0.05, 0.1) is 21.7 Å². The van der Waals surface area contributed by atoms with E-state index in [9.17, 15) is 8.42 Å². The van der Waals surface area contributed by atoms with E-state index in [0.717, 1.165) is 11.0 Å². The molecule has 3 rings (SSSR count). The maximum atomic E-state index is 12.2. The summed E-state index contributed by atoms with van der Waals surface area (Å²) in [4.78, 5) is 4.49. The van der Waals surface area contributed by atoms with Gasteiger partial charge in [0.2, 0.25) is 0 Å². The molecule has 101 valence electrons. The Kier molecular flexibility index (Phi) is 3.28. The molecule has 0 aliphatic rings. The summed E-state index contributed by atoms with van der Waals surface area (Å²) >= 11 is 0. The molecule has 1 radical (unpaired) electrons. The lowest BCUT2D eigenvalue weighted by molar-refractivity contribution is 0.589. The van der Waals surface area contributed by atoms with Crippen molar-refractivity contribution in [2.24, 2.45) is 0 Å². The van der Waals surface area contributed by atoms with Crippen molar-refractivity contribution in [1.29, 1.82) is 0 Å². The van der Waals surface area contributed by atoms with Crippen LogP contribution in [0.5, 0.6) is 0 Å². The Balaban J connectivity index is 1.83. The Hall–Kier alpha value is -2.14. The minimum Gasteiger partial charge on any atom is -0.320 e. The molecule has 0 fully saturated rings. The summed E-state index contributed by atoms with van der Waals surface area (Å²) in [7, 11) is -3.27. The van der Waals surface area contributed by atoms with Crippen molar-refractivity contribution >= 4 is 20.9 Å². The molecule has 0 aliphatic carbocycles. The van der Waals surface area contributed by atoms with Crippen molar-refractivity contribution < 1.29 is 8.42 Å². The Morgan fingerprint density at radius 3 is 2.50 bits per heavy atom. The van der Waals surface area contributed by atoms with Gasteiger partial charge in [-0.1, -0.05) is 30.3 Å². The van der Waals surface area contributed by atoms with Crippen molar-refractivity contribution in [2.45, 2.75) is 11.4 Å². The SMILES string of the molecule is O=S(=O)(CCn1[c]nc2ccccc21)c1ccccc1. The zero-order valence-electron chi connectivity index (χ0n) is 10.7. The number of para-hydroxylation sites is 2. The topological polar surface area (TPSA) is 52.0 Å². The maximum absolute atomic E-state index is 12.2. The van der Waals surface area contributed by atoms with E-state index in [1.165, 1.54) is 0 Å². The highest BCUT2D eigenvalue weighted by molar-refractivity contribution is 7.91. The molecule has 1 heterocycles. The second kappa shape index (κ2) is 5.09. The zero-order chi connectivity index (χ0) is 14.0. The first-order valence-electron chi connectivity index (χ1n) is 6.27. The molecule has 0 spiro atoms. The van der Waals surface area contributed by atoms with Crippen molar-refractivity contribution in [3.8, 4) is 0 Å². The van der Waals surface area contributed by atoms with Gasteiger partial charge in [-0.2, -0.15) is 0 Å². The molecule has 0 N–H and O–H groups in total. The van der Waals surface area contributed by atoms with Crippen LogP contribution in [0.1, 0.15) is 0 Å². The number of hydrogen-bond acceptors (Lipinski definition) is 3. The molecule has 0 bridgehead atoms. The summed E-state index contributed by atoms with van der Waals surface area (Å²) in [5.74, 6) is 0.0356. The second-order valence-electron chi connectivity index (χ2n) is 4.48. The van der Waals surface area contributed by atoms with Gasteiger partial charge in [0.1, 0.15) is 0 Å². The van der Waals surface area contributed by atoms with Gasteiger partial charge in [-0.05, 0) is 24.3 Å². The lowest BCUT2D eigenvalue weighted by atomic mass is 10.3. The average Bonchev–Trinajstić information content (AvgIpc) is 2.89. The standard InChI is InChI=1S/C15H13N2O2S/c18-20(19,13-6-2-1-3-7-13)11-10-17-12-16-14-8-4-5-9-15(14)17/h1-9H,10-11H2. The van der Waals surface area contributed by atoms with Crippen LogP contribution in [0.3, 0.4) is 0 Å². The van der Waals surface area contributed by atoms with Gasteiger partial charge in [0.15, 0.2) is 16.2 Å². The summed E-state index contributed by atoms with van der Waals surface area (Å²) in [6, 6.07) is 16.1. The van der Waals surface area contributed by atoms with Crippen LogP contribution in [-0.4, -0.2) is 23.7 Å². The third kappa shape index (κ3) is 2.44. The molecular formula is C15H13N2O2S. The molecule has 20 heavy (non-hydrogen) atoms. The normalized spacial score (nSPS) is 11.8. The molecule has 0 aliphatic heterocycles. The number of benzene rings is 2. The van der Waals surface area contributed by atoms with Crippen LogP contribution >= 0.6 is 0 Å². The van der Waals surface area contributed by atoms with Gasteiger partial charge in [-0.15, -0.1) is 0 Å². The molecule has 0 unspecified atom stereocenters. The first kappa shape index (κ1) is 12.9. The molecular weight excluding hydrogens is 272 g/mol. The molecule has 0 saturated heterocycles. The first-order chi connectivity index (χ1) is 9.67. The van der Waals surface area contributed by atoms with Gasteiger partial charge in [0.25, 0.3) is 0 Å². The molecule has 2 aromatic carbocycles. The van der Waals surface area contributed by atoms with E-state index in [2.05, 4.69) is 11.3 Å².